The minimum atomic E-state index is -0.169. The maximum Gasteiger partial charge on any atom is 0.251 e. The number of likely N-dealkylation sites (tertiary alicyclic amines) is 1. The van der Waals surface area contributed by atoms with Crippen LogP contribution in [0.25, 0.3) is 0 Å². The monoisotopic (exact) mass is 257 g/mol. The summed E-state index contributed by atoms with van der Waals surface area (Å²) in [7, 11) is 1.74. The minimum Gasteiger partial charge on any atom is -0.348 e. The summed E-state index contributed by atoms with van der Waals surface area (Å²) in [5.41, 5.74) is 1.05. The number of likely N-dealkylation sites (N-methyl/N-ethyl adjacent to an activating group) is 1. The van der Waals surface area contributed by atoms with Gasteiger partial charge in [0.25, 0.3) is 5.91 Å². The highest BCUT2D eigenvalue weighted by molar-refractivity contribution is 5.94. The fourth-order valence-electron chi connectivity index (χ4n) is 2.09. The van der Waals surface area contributed by atoms with Crippen LogP contribution in [0.4, 0.5) is 0 Å². The van der Waals surface area contributed by atoms with Gasteiger partial charge >= 0.3 is 0 Å². The molecule has 19 heavy (non-hydrogen) atoms. The predicted octanol–water partition coefficient (Wildman–Crippen LogP) is 0.909. The van der Waals surface area contributed by atoms with Crippen LogP contribution in [0.15, 0.2) is 24.3 Å². The van der Waals surface area contributed by atoms with Crippen LogP contribution in [0.1, 0.15) is 28.8 Å². The van der Waals surface area contributed by atoms with Crippen LogP contribution in [-0.2, 0) is 4.79 Å². The Balaban J connectivity index is 1.97. The topological polar surface area (TPSA) is 73.2 Å². The summed E-state index contributed by atoms with van der Waals surface area (Å²) in [6, 6.07) is 8.49. The maximum absolute atomic E-state index is 12.0. The molecular weight excluding hydrogens is 242 g/mol. The summed E-state index contributed by atoms with van der Waals surface area (Å²) in [6.45, 7) is 0.543. The van der Waals surface area contributed by atoms with E-state index in [4.69, 9.17) is 5.26 Å². The molecule has 2 rings (SSSR count). The first-order valence-corrected chi connectivity index (χ1v) is 6.15. The van der Waals surface area contributed by atoms with Crippen LogP contribution >= 0.6 is 0 Å². The number of carbonyl (C=O) groups is 2. The van der Waals surface area contributed by atoms with E-state index in [0.29, 0.717) is 30.5 Å². The molecule has 1 atom stereocenters. The molecule has 1 N–H and O–H groups in total. The molecule has 0 aliphatic carbocycles. The highest BCUT2D eigenvalue weighted by atomic mass is 16.2. The number of nitriles is 1. The first-order valence-electron chi connectivity index (χ1n) is 6.15. The quantitative estimate of drug-likeness (QED) is 0.855. The van der Waals surface area contributed by atoms with Gasteiger partial charge in [0.15, 0.2) is 0 Å². The SMILES string of the molecule is CN1C[C@@H](NC(=O)c2ccc(C#N)cc2)CCC1=O. The Morgan fingerprint density at radius 2 is 2.11 bits per heavy atom. The van der Waals surface area contributed by atoms with Crippen molar-refractivity contribution in [3.8, 4) is 6.07 Å². The molecule has 0 aromatic heterocycles. The average Bonchev–Trinajstić information content (AvgIpc) is 2.43. The molecule has 1 aliphatic heterocycles. The van der Waals surface area contributed by atoms with Crippen LogP contribution in [0, 0.1) is 11.3 Å². The van der Waals surface area contributed by atoms with Crippen molar-refractivity contribution in [1.82, 2.24) is 10.2 Å². The Kier molecular flexibility index (Phi) is 3.81. The van der Waals surface area contributed by atoms with Crippen molar-refractivity contribution in [3.05, 3.63) is 35.4 Å². The molecule has 1 fully saturated rings. The molecule has 1 aromatic carbocycles. The van der Waals surface area contributed by atoms with Crippen molar-refractivity contribution >= 4 is 11.8 Å². The number of hydrogen-bond donors (Lipinski definition) is 1. The molecule has 5 nitrogen and oxygen atoms in total. The first kappa shape index (κ1) is 13.1. The molecule has 1 aliphatic rings. The Labute approximate surface area is 111 Å². The van der Waals surface area contributed by atoms with Crippen molar-refractivity contribution in [2.75, 3.05) is 13.6 Å². The van der Waals surface area contributed by atoms with Gasteiger partial charge in [0.05, 0.1) is 11.6 Å². The van der Waals surface area contributed by atoms with Crippen molar-refractivity contribution in [2.24, 2.45) is 0 Å². The average molecular weight is 257 g/mol. The number of nitrogens with zero attached hydrogens (tertiary/aromatic N) is 2. The van der Waals surface area contributed by atoms with E-state index in [2.05, 4.69) is 5.32 Å². The molecular formula is C14H15N3O2. The second-order valence-corrected chi connectivity index (χ2v) is 4.67. The molecule has 1 aromatic rings. The third-order valence-corrected chi connectivity index (χ3v) is 3.24. The number of piperidine rings is 1. The second kappa shape index (κ2) is 5.53. The van der Waals surface area contributed by atoms with Gasteiger partial charge in [-0.3, -0.25) is 9.59 Å². The zero-order chi connectivity index (χ0) is 13.8. The highest BCUT2D eigenvalue weighted by Crippen LogP contribution is 2.11. The van der Waals surface area contributed by atoms with E-state index < -0.39 is 0 Å². The van der Waals surface area contributed by atoms with Crippen LogP contribution in [-0.4, -0.2) is 36.3 Å². The third kappa shape index (κ3) is 3.10. The van der Waals surface area contributed by atoms with Gasteiger partial charge in [-0.05, 0) is 30.7 Å². The molecule has 1 saturated heterocycles. The van der Waals surface area contributed by atoms with E-state index in [0.717, 1.165) is 0 Å². The largest absolute Gasteiger partial charge is 0.348 e. The molecule has 2 amide bonds. The molecule has 0 unspecified atom stereocenters. The predicted molar refractivity (Wildman–Crippen MR) is 69.3 cm³/mol. The van der Waals surface area contributed by atoms with Crippen LogP contribution in [0.5, 0.6) is 0 Å². The van der Waals surface area contributed by atoms with E-state index >= 15 is 0 Å². The number of hydrogen-bond acceptors (Lipinski definition) is 3. The molecule has 0 radical (unpaired) electrons. The molecule has 0 bridgehead atoms. The summed E-state index contributed by atoms with van der Waals surface area (Å²) in [5.74, 6) is -0.0545. The fourth-order valence-corrected chi connectivity index (χ4v) is 2.09. The summed E-state index contributed by atoms with van der Waals surface area (Å²) >= 11 is 0. The van der Waals surface area contributed by atoms with E-state index in [-0.39, 0.29) is 17.9 Å². The van der Waals surface area contributed by atoms with Crippen molar-refractivity contribution < 1.29 is 9.59 Å². The van der Waals surface area contributed by atoms with Crippen LogP contribution in [0.2, 0.25) is 0 Å². The number of rotatable bonds is 2. The summed E-state index contributed by atoms with van der Waals surface area (Å²) in [6.07, 6.45) is 1.14. The van der Waals surface area contributed by atoms with E-state index in [1.807, 2.05) is 6.07 Å². The Hall–Kier alpha value is -2.35. The van der Waals surface area contributed by atoms with Gasteiger partial charge in [-0.15, -0.1) is 0 Å². The van der Waals surface area contributed by atoms with Gasteiger partial charge in [0.2, 0.25) is 5.91 Å². The Bertz CT molecular complexity index is 531. The van der Waals surface area contributed by atoms with Gasteiger partial charge in [0.1, 0.15) is 0 Å². The number of nitrogens with one attached hydrogen (secondary N) is 1. The van der Waals surface area contributed by atoms with Crippen molar-refractivity contribution in [3.63, 3.8) is 0 Å². The molecule has 0 spiro atoms. The molecule has 98 valence electrons. The summed E-state index contributed by atoms with van der Waals surface area (Å²) in [4.78, 5) is 25.0. The van der Waals surface area contributed by atoms with Gasteiger partial charge < -0.3 is 10.2 Å². The van der Waals surface area contributed by atoms with Gasteiger partial charge in [-0.2, -0.15) is 5.26 Å². The van der Waals surface area contributed by atoms with Crippen molar-refractivity contribution in [1.29, 1.82) is 5.26 Å². The second-order valence-electron chi connectivity index (χ2n) is 4.67. The maximum atomic E-state index is 12.0. The van der Waals surface area contributed by atoms with Gasteiger partial charge in [0, 0.05) is 31.6 Å². The zero-order valence-electron chi connectivity index (χ0n) is 10.7. The zero-order valence-corrected chi connectivity index (χ0v) is 10.7. The van der Waals surface area contributed by atoms with E-state index in [1.165, 1.54) is 0 Å². The lowest BCUT2D eigenvalue weighted by atomic mass is 10.0. The number of benzene rings is 1. The highest BCUT2D eigenvalue weighted by Gasteiger charge is 2.24. The van der Waals surface area contributed by atoms with E-state index in [1.54, 1.807) is 36.2 Å². The summed E-state index contributed by atoms with van der Waals surface area (Å²) < 4.78 is 0. The van der Waals surface area contributed by atoms with Crippen LogP contribution in [0.3, 0.4) is 0 Å². The van der Waals surface area contributed by atoms with E-state index in [9.17, 15) is 9.59 Å². The third-order valence-electron chi connectivity index (χ3n) is 3.24. The van der Waals surface area contributed by atoms with Gasteiger partial charge in [-0.1, -0.05) is 0 Å². The molecule has 5 heteroatoms. The fraction of sp³-hybridized carbons (Fsp3) is 0.357. The summed E-state index contributed by atoms with van der Waals surface area (Å²) in [5, 5.41) is 11.6. The number of amides is 2. The van der Waals surface area contributed by atoms with Crippen molar-refractivity contribution in [2.45, 2.75) is 18.9 Å². The first-order chi connectivity index (χ1) is 9.10. The smallest absolute Gasteiger partial charge is 0.251 e. The molecule has 1 heterocycles. The standard InChI is InChI=1S/C14H15N3O2/c1-17-9-12(6-7-13(17)18)16-14(19)11-4-2-10(8-15)3-5-11/h2-5,12H,6-7,9H2,1H3,(H,16,19)/t12-/m0/s1. The normalized spacial score (nSPS) is 18.8. The lowest BCUT2D eigenvalue weighted by Gasteiger charge is -2.30. The Morgan fingerprint density at radius 1 is 1.42 bits per heavy atom. The lowest BCUT2D eigenvalue weighted by Crippen LogP contribution is -2.48. The van der Waals surface area contributed by atoms with Gasteiger partial charge in [-0.25, -0.2) is 0 Å². The minimum absolute atomic E-state index is 0.00848. The molecule has 0 saturated carbocycles. The Morgan fingerprint density at radius 3 is 2.68 bits per heavy atom. The number of carbonyl (C=O) groups excluding carboxylic acids is 2. The van der Waals surface area contributed by atoms with Crippen LogP contribution < -0.4 is 5.32 Å². The lowest BCUT2D eigenvalue weighted by molar-refractivity contribution is -0.132.